The average Bonchev–Trinajstić information content (AvgIpc) is 2.23. The molecule has 0 saturated heterocycles. The first-order valence-electron chi connectivity index (χ1n) is 2.83. The van der Waals surface area contributed by atoms with Crippen molar-refractivity contribution in [1.82, 2.24) is 0 Å². The summed E-state index contributed by atoms with van der Waals surface area (Å²) in [6.07, 6.45) is 0. The minimum absolute atomic E-state index is 0. The molecule has 0 aromatic heterocycles. The number of hydrogen-bond acceptors (Lipinski definition) is 12. The zero-order valence-electron chi connectivity index (χ0n) is 10.5. The molecule has 0 rings (SSSR count). The molecule has 0 heterocycles. The van der Waals surface area contributed by atoms with Crippen LogP contribution in [0.15, 0.2) is 0 Å². The van der Waals surface area contributed by atoms with E-state index in [9.17, 15) is 0 Å². The summed E-state index contributed by atoms with van der Waals surface area (Å²) in [5, 5.41) is 0. The monoisotopic (exact) mass is 482 g/mol. The summed E-state index contributed by atoms with van der Waals surface area (Å²) in [5.41, 5.74) is 0. The van der Waals surface area contributed by atoms with Crippen molar-refractivity contribution >= 4 is 154 Å². The van der Waals surface area contributed by atoms with Crippen LogP contribution < -0.4 is 24.9 Å². The maximum Gasteiger partial charge on any atom is 2.00 e. The zero-order valence-corrected chi connectivity index (χ0v) is 24.0. The van der Waals surface area contributed by atoms with Crippen LogP contribution in [-0.4, -0.2) is 154 Å². The van der Waals surface area contributed by atoms with E-state index in [1.165, 1.54) is 0 Å². The van der Waals surface area contributed by atoms with E-state index in [1.807, 2.05) is 0 Å². The van der Waals surface area contributed by atoms with Gasteiger partial charge in [0.25, 0.3) is 0 Å². The molecule has 12 nitrogen and oxygen atoms in total. The summed E-state index contributed by atoms with van der Waals surface area (Å²) >= 11 is -10.5. The molecular formula is Al6CaMgO12Zn. The van der Waals surface area contributed by atoms with Gasteiger partial charge in [-0.15, -0.1) is 0 Å². The van der Waals surface area contributed by atoms with E-state index in [0.717, 1.165) is 0 Å². The quantitative estimate of drug-likeness (QED) is 0.291. The third-order valence-corrected chi connectivity index (χ3v) is 0. The molecule has 0 unspecified atom stereocenters. The van der Waals surface area contributed by atoms with Crippen molar-refractivity contribution in [3.63, 3.8) is 0 Å². The van der Waals surface area contributed by atoms with E-state index in [2.05, 4.69) is 0 Å². The van der Waals surface area contributed by atoms with Gasteiger partial charge in [-0.3, -0.25) is 0 Å². The second kappa shape index (κ2) is 132. The summed E-state index contributed by atoms with van der Waals surface area (Å²) in [6, 6.07) is 0. The SMILES string of the molecule is [Ca+2].[Mg+2].[O]=[Al][O-].[O]=[Al][O-].[O]=[Al][O-].[O]=[Al][O-].[O]=[Al][O-].[O]=[Al][O-].[Zn+2]. The topological polar surface area (TPSA) is 241 Å². The Morgan fingerprint density at radius 3 is 0.429 bits per heavy atom. The Hall–Kier alpha value is 3.44. The van der Waals surface area contributed by atoms with Crippen molar-refractivity contribution in [3.8, 4) is 0 Å². The van der Waals surface area contributed by atoms with Crippen LogP contribution >= 0.6 is 0 Å². The first-order valence-corrected chi connectivity index (χ1v) is 8.49. The standard InChI is InChI=1S/6Al.Ca.Mg.12O.Zn/q;;;;;;2*+2;;;;;;;6*-1;+2. The summed E-state index contributed by atoms with van der Waals surface area (Å²) in [5.74, 6) is 0. The molecule has 0 saturated carbocycles. The van der Waals surface area contributed by atoms with E-state index in [4.69, 9.17) is 47.8 Å². The van der Waals surface area contributed by atoms with Crippen LogP contribution in [0.3, 0.4) is 0 Å². The van der Waals surface area contributed by atoms with Gasteiger partial charge in [-0.2, -0.15) is 0 Å². The summed E-state index contributed by atoms with van der Waals surface area (Å²) in [7, 11) is 0. The second-order valence-corrected chi connectivity index (χ2v) is 1.73. The number of hydrogen-bond donors (Lipinski definition) is 0. The molecule has 0 amide bonds. The van der Waals surface area contributed by atoms with Crippen molar-refractivity contribution in [2.45, 2.75) is 0 Å². The number of rotatable bonds is 0. The Balaban J connectivity index is -0.0000000114. The van der Waals surface area contributed by atoms with Gasteiger partial charge in [-0.25, -0.2) is 0 Å². The molecule has 0 N–H and O–H groups in total. The minimum Gasteiger partial charge on any atom is 2.00 e. The maximum absolute atomic E-state index is 8.46. The first kappa shape index (κ1) is 56.3. The van der Waals surface area contributed by atoms with Crippen LogP contribution in [0.1, 0.15) is 0 Å². The van der Waals surface area contributed by atoms with Crippen molar-refractivity contribution in [1.29, 1.82) is 0 Å². The van der Waals surface area contributed by atoms with Crippen LogP contribution in [0.4, 0.5) is 0 Å². The maximum atomic E-state index is 8.46. The molecule has 0 aromatic carbocycles. The third kappa shape index (κ3) is 909. The Labute approximate surface area is 216 Å². The fourth-order valence-electron chi connectivity index (χ4n) is 0. The van der Waals surface area contributed by atoms with Gasteiger partial charge in [-0.1, -0.05) is 0 Å². The van der Waals surface area contributed by atoms with Gasteiger partial charge >= 0.3 is 221 Å². The molecular weight excluding hydrogens is 484 g/mol. The minimum atomic E-state index is -1.75. The molecule has 0 atom stereocenters. The predicted molar refractivity (Wildman–Crippen MR) is 50.2 cm³/mol. The Kier molecular flexibility index (Phi) is 355. The Bertz CT molecular complexity index is 125. The summed E-state index contributed by atoms with van der Waals surface area (Å²) < 4.78 is 101. The van der Waals surface area contributed by atoms with E-state index >= 15 is 0 Å². The Morgan fingerprint density at radius 1 is 0.429 bits per heavy atom. The van der Waals surface area contributed by atoms with Crippen molar-refractivity contribution in [2.75, 3.05) is 0 Å². The van der Waals surface area contributed by atoms with Crippen molar-refractivity contribution in [2.24, 2.45) is 0 Å². The molecule has 0 fully saturated rings. The molecule has 0 spiro atoms. The van der Waals surface area contributed by atoms with Crippen LogP contribution in [-0.2, 0) is 42.3 Å². The molecule has 0 bridgehead atoms. The predicted octanol–water partition coefficient (Wildman–Crippen LogP) is -10.9. The van der Waals surface area contributed by atoms with Gasteiger partial charge in [0.15, 0.2) is 0 Å². The van der Waals surface area contributed by atoms with Crippen molar-refractivity contribution in [3.05, 3.63) is 0 Å². The van der Waals surface area contributed by atoms with E-state index in [-0.39, 0.29) is 80.3 Å². The molecule has 0 radical (unpaired) electrons. The molecule has 0 aliphatic carbocycles. The van der Waals surface area contributed by atoms with Crippen LogP contribution in [0.25, 0.3) is 0 Å². The van der Waals surface area contributed by atoms with Crippen molar-refractivity contribution < 1.29 is 67.2 Å². The smallest absolute Gasteiger partial charge is 2.00 e. The van der Waals surface area contributed by atoms with Gasteiger partial charge < -0.3 is 0 Å². The van der Waals surface area contributed by atoms with Gasteiger partial charge in [0, 0.05) is 0 Å². The molecule has 21 heteroatoms. The normalized spacial score (nSPS) is 2.29. The molecule has 0 aliphatic rings. The van der Waals surface area contributed by atoms with Crippen LogP contribution in [0.5, 0.6) is 0 Å². The summed E-state index contributed by atoms with van der Waals surface area (Å²) in [4.78, 5) is 0. The molecule has 96 valence electrons. The molecule has 0 aliphatic heterocycles. The van der Waals surface area contributed by atoms with E-state index in [1.54, 1.807) is 0 Å². The largest absolute Gasteiger partial charge is 2.00 e. The van der Waals surface area contributed by atoms with E-state index < -0.39 is 92.9 Å². The fourth-order valence-corrected chi connectivity index (χ4v) is 0. The van der Waals surface area contributed by atoms with Crippen LogP contribution in [0.2, 0.25) is 0 Å². The fraction of sp³-hybridized carbons (Fsp3) is 0. The zero-order chi connectivity index (χ0) is 16.2. The second-order valence-electron chi connectivity index (χ2n) is 0.577. The van der Waals surface area contributed by atoms with Gasteiger partial charge in [0.05, 0.1) is 0 Å². The third-order valence-electron chi connectivity index (χ3n) is 0. The molecule has 21 heavy (non-hydrogen) atoms. The molecule has 0 aromatic rings. The van der Waals surface area contributed by atoms with Gasteiger partial charge in [-0.05, 0) is 0 Å². The van der Waals surface area contributed by atoms with Gasteiger partial charge in [0.2, 0.25) is 0 Å². The Morgan fingerprint density at radius 2 is 0.429 bits per heavy atom. The van der Waals surface area contributed by atoms with E-state index in [0.29, 0.717) is 0 Å². The van der Waals surface area contributed by atoms with Crippen LogP contribution in [0, 0.1) is 0 Å². The average molecular weight is 484 g/mol. The van der Waals surface area contributed by atoms with Gasteiger partial charge in [0.1, 0.15) is 0 Å². The first-order chi connectivity index (χ1) is 8.49. The summed E-state index contributed by atoms with van der Waals surface area (Å²) in [6.45, 7) is 0.